The summed E-state index contributed by atoms with van der Waals surface area (Å²) in [6.07, 6.45) is 3.49. The monoisotopic (exact) mass is 287 g/mol. The Morgan fingerprint density at radius 1 is 1.30 bits per heavy atom. The van der Waals surface area contributed by atoms with E-state index in [1.54, 1.807) is 26.2 Å². The van der Waals surface area contributed by atoms with Gasteiger partial charge in [-0.3, -0.25) is 4.98 Å². The molecule has 1 aromatic carbocycles. The number of pyridine rings is 1. The minimum absolute atomic E-state index is 0.138. The summed E-state index contributed by atoms with van der Waals surface area (Å²) in [6, 6.07) is 5.65. The molecule has 3 nitrogen and oxygen atoms in total. The van der Waals surface area contributed by atoms with Gasteiger partial charge in [0.05, 0.1) is 23.8 Å². The fourth-order valence-electron chi connectivity index (χ4n) is 2.48. The van der Waals surface area contributed by atoms with Crippen LogP contribution in [0, 0.1) is 24.4 Å². The molecule has 0 saturated carbocycles. The van der Waals surface area contributed by atoms with Crippen LogP contribution < -0.4 is 0 Å². The Labute approximate surface area is 121 Å². The normalized spacial score (nSPS) is 11.2. The van der Waals surface area contributed by atoms with Gasteiger partial charge in [-0.15, -0.1) is 0 Å². The lowest BCUT2D eigenvalue weighted by atomic mass is 10.1. The Kier molecular flexibility index (Phi) is 3.14. The third-order valence-corrected chi connectivity index (χ3v) is 3.73. The number of nitrogens with zero attached hydrogens (tertiary/aromatic N) is 2. The molecule has 1 N–H and O–H groups in total. The van der Waals surface area contributed by atoms with Crippen LogP contribution in [0.2, 0.25) is 0 Å². The highest BCUT2D eigenvalue weighted by molar-refractivity contribution is 7.71. The summed E-state index contributed by atoms with van der Waals surface area (Å²) in [5.41, 5.74) is 4.27. The number of hydrogen-bond acceptors (Lipinski definition) is 2. The van der Waals surface area contributed by atoms with E-state index in [0.29, 0.717) is 22.4 Å². The molecule has 0 spiro atoms. The van der Waals surface area contributed by atoms with Gasteiger partial charge in [-0.1, -0.05) is 12.1 Å². The molecule has 0 amide bonds. The Morgan fingerprint density at radius 2 is 2.00 bits per heavy atom. The zero-order chi connectivity index (χ0) is 14.3. The molecule has 0 fully saturated rings. The van der Waals surface area contributed by atoms with E-state index >= 15 is 0 Å². The topological polar surface area (TPSA) is 33.6 Å². The second kappa shape index (κ2) is 4.83. The number of fused-ring (bicyclic) bond motifs is 1. The number of benzene rings is 1. The van der Waals surface area contributed by atoms with Gasteiger partial charge in [-0.25, -0.2) is 4.39 Å². The molecule has 3 rings (SSSR count). The highest BCUT2D eigenvalue weighted by Gasteiger charge is 2.08. The van der Waals surface area contributed by atoms with Gasteiger partial charge in [0.25, 0.3) is 0 Å². The standard InChI is InChI=1S/C15H14FN3S/c1-9-5-11(6-10(2)14(9)16)8-19-13-3-4-17-7-12(13)18-15(19)20/h3-7H,8H2,1-2H3,(H,18,20). The van der Waals surface area contributed by atoms with Crippen LogP contribution in [-0.2, 0) is 6.54 Å². The van der Waals surface area contributed by atoms with Crippen molar-refractivity contribution in [1.82, 2.24) is 14.5 Å². The predicted octanol–water partition coefficient (Wildman–Crippen LogP) is 3.90. The molecule has 0 atom stereocenters. The lowest BCUT2D eigenvalue weighted by molar-refractivity contribution is 0.607. The van der Waals surface area contributed by atoms with Gasteiger partial charge in [-0.05, 0) is 48.8 Å². The summed E-state index contributed by atoms with van der Waals surface area (Å²) in [4.78, 5) is 7.20. The average molecular weight is 287 g/mol. The number of aromatic amines is 1. The third-order valence-electron chi connectivity index (χ3n) is 3.41. The van der Waals surface area contributed by atoms with Crippen molar-refractivity contribution in [3.8, 4) is 0 Å². The Balaban J connectivity index is 2.10. The molecule has 0 aliphatic heterocycles. The molecule has 2 heterocycles. The molecule has 0 radical (unpaired) electrons. The second-order valence-corrected chi connectivity index (χ2v) is 5.34. The van der Waals surface area contributed by atoms with Gasteiger partial charge in [0.15, 0.2) is 4.77 Å². The lowest BCUT2D eigenvalue weighted by Gasteiger charge is -2.08. The first kappa shape index (κ1) is 13.0. The van der Waals surface area contributed by atoms with Crippen molar-refractivity contribution in [2.45, 2.75) is 20.4 Å². The first-order valence-electron chi connectivity index (χ1n) is 6.34. The van der Waals surface area contributed by atoms with E-state index in [9.17, 15) is 4.39 Å². The van der Waals surface area contributed by atoms with Crippen molar-refractivity contribution in [2.24, 2.45) is 0 Å². The third kappa shape index (κ3) is 2.14. The molecule has 20 heavy (non-hydrogen) atoms. The van der Waals surface area contributed by atoms with Crippen molar-refractivity contribution in [3.63, 3.8) is 0 Å². The van der Waals surface area contributed by atoms with Crippen molar-refractivity contribution in [1.29, 1.82) is 0 Å². The largest absolute Gasteiger partial charge is 0.329 e. The van der Waals surface area contributed by atoms with Crippen LogP contribution in [0.1, 0.15) is 16.7 Å². The van der Waals surface area contributed by atoms with Crippen molar-refractivity contribution >= 4 is 23.3 Å². The van der Waals surface area contributed by atoms with Crippen LogP contribution in [0.15, 0.2) is 30.6 Å². The van der Waals surface area contributed by atoms with Crippen molar-refractivity contribution in [2.75, 3.05) is 0 Å². The summed E-state index contributed by atoms with van der Waals surface area (Å²) in [5, 5.41) is 0. The molecular weight excluding hydrogens is 273 g/mol. The Hall–Kier alpha value is -2.01. The molecule has 0 aliphatic rings. The van der Waals surface area contributed by atoms with E-state index in [1.165, 1.54) is 0 Å². The van der Waals surface area contributed by atoms with Crippen LogP contribution in [0.3, 0.4) is 0 Å². The molecular formula is C15H14FN3S. The summed E-state index contributed by atoms with van der Waals surface area (Å²) in [7, 11) is 0. The number of nitrogens with one attached hydrogen (secondary N) is 1. The van der Waals surface area contributed by atoms with Gasteiger partial charge in [0.1, 0.15) is 5.82 Å². The Bertz CT molecular complexity index is 825. The molecule has 3 aromatic rings. The highest BCUT2D eigenvalue weighted by Crippen LogP contribution is 2.18. The fourth-order valence-corrected chi connectivity index (χ4v) is 2.75. The number of halogens is 1. The quantitative estimate of drug-likeness (QED) is 0.725. The number of aryl methyl sites for hydroxylation is 2. The van der Waals surface area contributed by atoms with E-state index in [-0.39, 0.29) is 5.82 Å². The molecule has 102 valence electrons. The van der Waals surface area contributed by atoms with Crippen LogP contribution in [0.5, 0.6) is 0 Å². The average Bonchev–Trinajstić information content (AvgIpc) is 2.73. The molecule has 0 bridgehead atoms. The smallest absolute Gasteiger partial charge is 0.178 e. The zero-order valence-electron chi connectivity index (χ0n) is 11.3. The zero-order valence-corrected chi connectivity index (χ0v) is 12.1. The van der Waals surface area contributed by atoms with Gasteiger partial charge in [0, 0.05) is 6.20 Å². The summed E-state index contributed by atoms with van der Waals surface area (Å²) in [5.74, 6) is -0.138. The highest BCUT2D eigenvalue weighted by atomic mass is 32.1. The van der Waals surface area contributed by atoms with Gasteiger partial charge in [-0.2, -0.15) is 0 Å². The Morgan fingerprint density at radius 3 is 2.70 bits per heavy atom. The molecule has 2 aromatic heterocycles. The first-order chi connectivity index (χ1) is 9.56. The van der Waals surface area contributed by atoms with Crippen LogP contribution in [-0.4, -0.2) is 14.5 Å². The number of hydrogen-bond donors (Lipinski definition) is 1. The van der Waals surface area contributed by atoms with E-state index in [0.717, 1.165) is 16.6 Å². The van der Waals surface area contributed by atoms with E-state index in [1.807, 2.05) is 22.8 Å². The van der Waals surface area contributed by atoms with Crippen molar-refractivity contribution in [3.05, 3.63) is 57.9 Å². The minimum atomic E-state index is -0.138. The molecule has 0 aliphatic carbocycles. The maximum Gasteiger partial charge on any atom is 0.178 e. The van der Waals surface area contributed by atoms with Crippen LogP contribution in [0.25, 0.3) is 11.0 Å². The summed E-state index contributed by atoms with van der Waals surface area (Å²) >= 11 is 5.35. The number of aromatic nitrogens is 3. The minimum Gasteiger partial charge on any atom is -0.329 e. The van der Waals surface area contributed by atoms with Gasteiger partial charge >= 0.3 is 0 Å². The summed E-state index contributed by atoms with van der Waals surface area (Å²) < 4.78 is 16.3. The van der Waals surface area contributed by atoms with E-state index < -0.39 is 0 Å². The molecule has 0 saturated heterocycles. The number of rotatable bonds is 2. The fraction of sp³-hybridized carbons (Fsp3) is 0.200. The first-order valence-corrected chi connectivity index (χ1v) is 6.75. The molecule has 0 unspecified atom stereocenters. The van der Waals surface area contributed by atoms with Crippen LogP contribution in [0.4, 0.5) is 4.39 Å². The van der Waals surface area contributed by atoms with Gasteiger partial charge in [0.2, 0.25) is 0 Å². The number of imidazole rings is 1. The second-order valence-electron chi connectivity index (χ2n) is 4.95. The molecule has 5 heteroatoms. The predicted molar refractivity (Wildman–Crippen MR) is 79.9 cm³/mol. The van der Waals surface area contributed by atoms with Crippen LogP contribution >= 0.6 is 12.2 Å². The maximum absolute atomic E-state index is 13.7. The lowest BCUT2D eigenvalue weighted by Crippen LogP contribution is -2.02. The summed E-state index contributed by atoms with van der Waals surface area (Å²) in [6.45, 7) is 4.18. The van der Waals surface area contributed by atoms with Crippen molar-refractivity contribution < 1.29 is 4.39 Å². The van der Waals surface area contributed by atoms with E-state index in [4.69, 9.17) is 12.2 Å². The van der Waals surface area contributed by atoms with Gasteiger partial charge < -0.3 is 9.55 Å². The van der Waals surface area contributed by atoms with E-state index in [2.05, 4.69) is 9.97 Å². The SMILES string of the molecule is Cc1cc(Cn2c(=S)[nH]c3cnccc32)cc(C)c1F. The number of H-pyrrole nitrogens is 1. The maximum atomic E-state index is 13.7.